The summed E-state index contributed by atoms with van der Waals surface area (Å²) in [7, 11) is 0. The molecule has 36 heavy (non-hydrogen) atoms. The molecule has 1 aliphatic rings. The summed E-state index contributed by atoms with van der Waals surface area (Å²) in [6.45, 7) is 7.90. The van der Waals surface area contributed by atoms with E-state index in [0.717, 1.165) is 0 Å². The predicted molar refractivity (Wildman–Crippen MR) is 130 cm³/mol. The first-order valence-electron chi connectivity index (χ1n) is 11.5. The zero-order valence-corrected chi connectivity index (χ0v) is 20.8. The molecule has 1 aliphatic heterocycles. The molecule has 1 heterocycles. The summed E-state index contributed by atoms with van der Waals surface area (Å²) in [5, 5.41) is 17.0. The van der Waals surface area contributed by atoms with Crippen LogP contribution in [-0.2, 0) is 23.9 Å². The second-order valence-corrected chi connectivity index (χ2v) is 8.40. The highest BCUT2D eigenvalue weighted by molar-refractivity contribution is 6.10. The molecule has 0 saturated heterocycles. The summed E-state index contributed by atoms with van der Waals surface area (Å²) >= 11 is 0. The molecule has 1 aromatic carbocycles. The molecule has 0 aliphatic carbocycles. The minimum absolute atomic E-state index is 0.0122. The Labute approximate surface area is 208 Å². The van der Waals surface area contributed by atoms with Crippen LogP contribution in [0.5, 0.6) is 0 Å². The molecule has 194 valence electrons. The van der Waals surface area contributed by atoms with Gasteiger partial charge in [-0.25, -0.2) is 4.79 Å². The lowest BCUT2D eigenvalue weighted by Gasteiger charge is -2.33. The number of carbonyl (C=O) groups is 3. The van der Waals surface area contributed by atoms with Gasteiger partial charge in [0.2, 0.25) is 5.91 Å². The van der Waals surface area contributed by atoms with Crippen LogP contribution >= 0.6 is 0 Å². The number of amides is 1. The van der Waals surface area contributed by atoms with Crippen LogP contribution in [-0.4, -0.2) is 54.3 Å². The van der Waals surface area contributed by atoms with Crippen LogP contribution in [0.3, 0.4) is 0 Å². The maximum absolute atomic E-state index is 13.6. The average Bonchev–Trinajstić information content (AvgIpc) is 2.82. The van der Waals surface area contributed by atoms with E-state index < -0.39 is 47.2 Å². The van der Waals surface area contributed by atoms with Crippen LogP contribution in [0.15, 0.2) is 45.7 Å². The van der Waals surface area contributed by atoms with Crippen LogP contribution in [0, 0.1) is 26.9 Å². The van der Waals surface area contributed by atoms with Gasteiger partial charge in [-0.2, -0.15) is 4.91 Å². The van der Waals surface area contributed by atoms with E-state index in [-0.39, 0.29) is 47.4 Å². The number of hydrogen-bond donors (Lipinski definition) is 1. The van der Waals surface area contributed by atoms with E-state index in [4.69, 9.17) is 9.47 Å². The Hall–Kier alpha value is -3.96. The quantitative estimate of drug-likeness (QED) is 0.208. The van der Waals surface area contributed by atoms with Crippen LogP contribution in [0.1, 0.15) is 46.1 Å². The van der Waals surface area contributed by atoms with Crippen LogP contribution in [0.2, 0.25) is 0 Å². The van der Waals surface area contributed by atoms with Crippen molar-refractivity contribution in [3.05, 3.63) is 56.1 Å². The fraction of sp³-hybridized carbons (Fsp3) is 0.500. The second-order valence-electron chi connectivity index (χ2n) is 8.40. The number of nitrogens with zero attached hydrogens (tertiary/aromatic N) is 3. The average molecular weight is 503 g/mol. The fourth-order valence-electron chi connectivity index (χ4n) is 4.08. The summed E-state index contributed by atoms with van der Waals surface area (Å²) in [6.07, 6.45) is 0. The van der Waals surface area contributed by atoms with Gasteiger partial charge in [-0.1, -0.05) is 31.2 Å². The van der Waals surface area contributed by atoms with Crippen molar-refractivity contribution < 1.29 is 28.8 Å². The van der Waals surface area contributed by atoms with Gasteiger partial charge in [0.15, 0.2) is 0 Å². The van der Waals surface area contributed by atoms with Gasteiger partial charge >= 0.3 is 11.9 Å². The van der Waals surface area contributed by atoms with E-state index in [9.17, 15) is 29.4 Å². The molecule has 12 nitrogen and oxygen atoms in total. The summed E-state index contributed by atoms with van der Waals surface area (Å²) in [4.78, 5) is 65.5. The van der Waals surface area contributed by atoms with Gasteiger partial charge in [-0.15, -0.1) is 0 Å². The number of nitro benzene ring substituents is 1. The Morgan fingerprint density at radius 1 is 1.19 bits per heavy atom. The van der Waals surface area contributed by atoms with Gasteiger partial charge in [-0.05, 0) is 32.3 Å². The summed E-state index contributed by atoms with van der Waals surface area (Å²) in [5.41, 5.74) is 0.270. The molecule has 0 fully saturated rings. The van der Waals surface area contributed by atoms with E-state index in [0.29, 0.717) is 0 Å². The third-order valence-corrected chi connectivity index (χ3v) is 5.65. The van der Waals surface area contributed by atoms with Crippen LogP contribution in [0.4, 0.5) is 5.69 Å². The molecule has 2 unspecified atom stereocenters. The SMILES string of the molecule is CCOC(=O)C1C(CN=O)=NC(C)=C(C(=O)N[C@H](C(=O)OCC)C(C)C)C1c1cccc([N+](=O)[O-])c1. The van der Waals surface area contributed by atoms with Gasteiger partial charge in [0.05, 0.1) is 23.8 Å². The lowest BCUT2D eigenvalue weighted by molar-refractivity contribution is -0.384. The molecule has 12 heteroatoms. The third kappa shape index (κ3) is 6.37. The third-order valence-electron chi connectivity index (χ3n) is 5.65. The monoisotopic (exact) mass is 502 g/mol. The topological polar surface area (TPSA) is 167 Å². The van der Waals surface area contributed by atoms with Crippen molar-refractivity contribution >= 4 is 29.2 Å². The molecule has 0 bridgehead atoms. The van der Waals surface area contributed by atoms with E-state index >= 15 is 0 Å². The Morgan fingerprint density at radius 2 is 1.86 bits per heavy atom. The normalized spacial score (nSPS) is 18.2. The van der Waals surface area contributed by atoms with Crippen LogP contribution in [0.25, 0.3) is 0 Å². The second kappa shape index (κ2) is 12.7. The van der Waals surface area contributed by atoms with Gasteiger partial charge in [-0.3, -0.25) is 24.7 Å². The van der Waals surface area contributed by atoms with Crippen molar-refractivity contribution in [2.75, 3.05) is 19.8 Å². The number of carbonyl (C=O) groups excluding carboxylic acids is 3. The molecule has 0 radical (unpaired) electrons. The van der Waals surface area contributed by atoms with Gasteiger partial charge < -0.3 is 14.8 Å². The van der Waals surface area contributed by atoms with E-state index in [1.54, 1.807) is 27.7 Å². The largest absolute Gasteiger partial charge is 0.465 e. The lowest BCUT2D eigenvalue weighted by Crippen LogP contribution is -2.48. The number of hydrogen-bond acceptors (Lipinski definition) is 10. The van der Waals surface area contributed by atoms with Crippen molar-refractivity contribution in [3.63, 3.8) is 0 Å². The minimum Gasteiger partial charge on any atom is -0.465 e. The first kappa shape index (κ1) is 28.3. The Kier molecular flexibility index (Phi) is 9.94. The number of ether oxygens (including phenoxy) is 2. The van der Waals surface area contributed by atoms with Gasteiger partial charge in [0.1, 0.15) is 18.5 Å². The zero-order valence-electron chi connectivity index (χ0n) is 20.8. The van der Waals surface area contributed by atoms with Gasteiger partial charge in [0.25, 0.3) is 5.69 Å². The highest BCUT2D eigenvalue weighted by Gasteiger charge is 2.44. The standard InChI is InChI=1S/C24H30N4O8/c1-6-35-23(30)20-17(12-25-32)26-14(5)18(19(20)15-9-8-10-16(11-15)28(33)34)22(29)27-21(13(3)4)24(31)36-7-2/h8-11,13,19-21H,6-7,12H2,1-5H3,(H,27,29)/t19?,20?,21-/m0/s1. The number of nitrogens with one attached hydrogen (secondary N) is 1. The number of non-ortho nitro benzene ring substituents is 1. The molecular formula is C24H30N4O8. The van der Waals surface area contributed by atoms with Crippen molar-refractivity contribution in [3.8, 4) is 0 Å². The Bertz CT molecular complexity index is 1100. The molecular weight excluding hydrogens is 472 g/mol. The minimum atomic E-state index is -1.24. The number of aliphatic imine (C=N–C) groups is 1. The predicted octanol–water partition coefficient (Wildman–Crippen LogP) is 3.06. The Balaban J connectivity index is 2.71. The van der Waals surface area contributed by atoms with Crippen molar-refractivity contribution in [2.45, 2.75) is 46.6 Å². The number of esters is 2. The molecule has 1 N–H and O–H groups in total. The van der Waals surface area contributed by atoms with E-state index in [2.05, 4.69) is 15.5 Å². The number of nitro groups is 1. The highest BCUT2D eigenvalue weighted by atomic mass is 16.6. The highest BCUT2D eigenvalue weighted by Crippen LogP contribution is 2.40. The van der Waals surface area contributed by atoms with Gasteiger partial charge in [0, 0.05) is 29.3 Å². The first-order chi connectivity index (χ1) is 17.1. The van der Waals surface area contributed by atoms with Crippen LogP contribution < -0.4 is 5.32 Å². The Morgan fingerprint density at radius 3 is 2.42 bits per heavy atom. The number of benzene rings is 1. The summed E-state index contributed by atoms with van der Waals surface area (Å²) in [6, 6.07) is 4.50. The molecule has 0 saturated carbocycles. The smallest absolute Gasteiger partial charge is 0.328 e. The summed E-state index contributed by atoms with van der Waals surface area (Å²) in [5.74, 6) is -4.75. The molecule has 1 amide bonds. The van der Waals surface area contributed by atoms with Crippen molar-refractivity contribution in [1.29, 1.82) is 0 Å². The van der Waals surface area contributed by atoms with Crippen molar-refractivity contribution in [2.24, 2.45) is 22.0 Å². The molecule has 3 atom stereocenters. The lowest BCUT2D eigenvalue weighted by atomic mass is 9.74. The molecule has 0 spiro atoms. The molecule has 2 rings (SSSR count). The summed E-state index contributed by atoms with van der Waals surface area (Å²) < 4.78 is 10.3. The fourth-order valence-corrected chi connectivity index (χ4v) is 4.08. The zero-order chi connectivity index (χ0) is 27.0. The number of allylic oxidation sites excluding steroid dienone is 1. The number of rotatable bonds is 11. The van der Waals surface area contributed by atoms with Crippen molar-refractivity contribution in [1.82, 2.24) is 5.32 Å². The maximum atomic E-state index is 13.6. The molecule has 0 aromatic heterocycles. The van der Waals surface area contributed by atoms with E-state index in [1.165, 1.54) is 31.2 Å². The maximum Gasteiger partial charge on any atom is 0.328 e. The molecule has 1 aromatic rings. The number of nitroso groups, excluding NO2 is 1. The van der Waals surface area contributed by atoms with E-state index in [1.807, 2.05) is 0 Å². The first-order valence-corrected chi connectivity index (χ1v) is 11.5.